The molecule has 1 saturated heterocycles. The van der Waals surface area contributed by atoms with E-state index in [1.807, 2.05) is 0 Å². The predicted octanol–water partition coefficient (Wildman–Crippen LogP) is 2.36. The van der Waals surface area contributed by atoms with Crippen molar-refractivity contribution in [3.8, 4) is 0 Å². The van der Waals surface area contributed by atoms with Crippen molar-refractivity contribution < 1.29 is 9.90 Å². The van der Waals surface area contributed by atoms with Crippen LogP contribution in [0.15, 0.2) is 0 Å². The van der Waals surface area contributed by atoms with Crippen LogP contribution >= 0.6 is 0 Å². The van der Waals surface area contributed by atoms with Crippen molar-refractivity contribution in [2.45, 2.75) is 45.4 Å². The molecule has 2 fully saturated rings. The molecule has 1 atom stereocenters. The van der Waals surface area contributed by atoms with Gasteiger partial charge in [0, 0.05) is 6.54 Å². The summed E-state index contributed by atoms with van der Waals surface area (Å²) in [6, 6.07) is 0. The fourth-order valence-corrected chi connectivity index (χ4v) is 2.88. The quantitative estimate of drug-likeness (QED) is 0.754. The fraction of sp³-hybridized carbons (Fsp3) is 0.923. The van der Waals surface area contributed by atoms with Crippen molar-refractivity contribution in [3.63, 3.8) is 0 Å². The van der Waals surface area contributed by atoms with Crippen molar-refractivity contribution in [3.05, 3.63) is 0 Å². The van der Waals surface area contributed by atoms with Gasteiger partial charge < -0.3 is 10.0 Å². The average molecular weight is 225 g/mol. The first-order valence-electron chi connectivity index (χ1n) is 6.62. The lowest BCUT2D eigenvalue weighted by molar-refractivity contribution is -0.148. The van der Waals surface area contributed by atoms with Crippen LogP contribution in [0.1, 0.15) is 45.4 Å². The van der Waals surface area contributed by atoms with Gasteiger partial charge in [-0.15, -0.1) is 0 Å². The molecule has 0 aromatic rings. The molecular weight excluding hydrogens is 202 g/mol. The number of carbonyl (C=O) groups is 1. The predicted molar refractivity (Wildman–Crippen MR) is 63.4 cm³/mol. The normalized spacial score (nSPS) is 30.8. The maximum absolute atomic E-state index is 11.4. The van der Waals surface area contributed by atoms with Crippen molar-refractivity contribution in [2.24, 2.45) is 11.3 Å². The van der Waals surface area contributed by atoms with E-state index in [1.165, 1.54) is 19.3 Å². The van der Waals surface area contributed by atoms with Crippen LogP contribution in [0, 0.1) is 11.3 Å². The molecule has 92 valence electrons. The number of carboxylic acid groups (broad SMARTS) is 1. The Morgan fingerprint density at radius 3 is 2.81 bits per heavy atom. The zero-order chi connectivity index (χ0) is 11.6. The Morgan fingerprint density at radius 1 is 1.50 bits per heavy atom. The van der Waals surface area contributed by atoms with E-state index in [1.54, 1.807) is 0 Å². The highest BCUT2D eigenvalue weighted by Crippen LogP contribution is 2.37. The van der Waals surface area contributed by atoms with Gasteiger partial charge in [0.2, 0.25) is 0 Å². The van der Waals surface area contributed by atoms with Gasteiger partial charge in [-0.25, -0.2) is 0 Å². The number of rotatable bonds is 6. The molecule has 1 N–H and O–H groups in total. The zero-order valence-corrected chi connectivity index (χ0v) is 10.2. The number of likely N-dealkylation sites (tertiary alicyclic amines) is 1. The zero-order valence-electron chi connectivity index (χ0n) is 10.2. The molecule has 0 amide bonds. The second-order valence-electron chi connectivity index (χ2n) is 5.59. The fourth-order valence-electron chi connectivity index (χ4n) is 2.88. The summed E-state index contributed by atoms with van der Waals surface area (Å²) < 4.78 is 0. The van der Waals surface area contributed by atoms with E-state index in [0.29, 0.717) is 0 Å². The Balaban J connectivity index is 1.84. The number of aliphatic carboxylic acids is 1. The minimum absolute atomic E-state index is 0.432. The summed E-state index contributed by atoms with van der Waals surface area (Å²) in [4.78, 5) is 13.7. The van der Waals surface area contributed by atoms with Crippen molar-refractivity contribution in [1.29, 1.82) is 0 Å². The molecule has 1 saturated carbocycles. The Labute approximate surface area is 97.8 Å². The maximum Gasteiger partial charge on any atom is 0.310 e. The van der Waals surface area contributed by atoms with Gasteiger partial charge in [-0.05, 0) is 38.3 Å². The highest BCUT2D eigenvalue weighted by Gasteiger charge is 2.43. The summed E-state index contributed by atoms with van der Waals surface area (Å²) in [5.41, 5.74) is -0.432. The van der Waals surface area contributed by atoms with Gasteiger partial charge in [0.25, 0.3) is 0 Å². The van der Waals surface area contributed by atoms with E-state index in [2.05, 4.69) is 11.8 Å². The van der Waals surface area contributed by atoms with Gasteiger partial charge in [-0.1, -0.05) is 26.2 Å². The average Bonchev–Trinajstić information content (AvgIpc) is 2.98. The summed E-state index contributed by atoms with van der Waals surface area (Å²) in [6.07, 6.45) is 6.73. The van der Waals surface area contributed by atoms with Gasteiger partial charge in [-0.3, -0.25) is 4.79 Å². The summed E-state index contributed by atoms with van der Waals surface area (Å²) in [7, 11) is 0. The third-order valence-electron chi connectivity index (χ3n) is 4.17. The van der Waals surface area contributed by atoms with E-state index in [0.717, 1.165) is 44.8 Å². The molecule has 16 heavy (non-hydrogen) atoms. The molecule has 1 aliphatic heterocycles. The largest absolute Gasteiger partial charge is 0.481 e. The lowest BCUT2D eigenvalue weighted by Crippen LogP contribution is -2.35. The molecule has 1 heterocycles. The molecule has 2 aliphatic rings. The van der Waals surface area contributed by atoms with Crippen LogP contribution < -0.4 is 0 Å². The second kappa shape index (κ2) is 4.74. The monoisotopic (exact) mass is 225 g/mol. The first kappa shape index (κ1) is 11.9. The summed E-state index contributed by atoms with van der Waals surface area (Å²) >= 11 is 0. The molecule has 0 spiro atoms. The third-order valence-corrected chi connectivity index (χ3v) is 4.17. The molecule has 3 nitrogen and oxygen atoms in total. The van der Waals surface area contributed by atoms with Crippen LogP contribution in [-0.2, 0) is 4.79 Å². The number of hydrogen-bond acceptors (Lipinski definition) is 2. The highest BCUT2D eigenvalue weighted by atomic mass is 16.4. The molecular formula is C13H23NO2. The van der Waals surface area contributed by atoms with E-state index in [9.17, 15) is 9.90 Å². The van der Waals surface area contributed by atoms with Crippen molar-refractivity contribution in [2.75, 3.05) is 19.6 Å². The molecule has 0 radical (unpaired) electrons. The second-order valence-corrected chi connectivity index (χ2v) is 5.59. The molecule has 0 bridgehead atoms. The van der Waals surface area contributed by atoms with Gasteiger partial charge in [0.1, 0.15) is 0 Å². The van der Waals surface area contributed by atoms with E-state index in [4.69, 9.17) is 0 Å². The molecule has 1 aliphatic carbocycles. The lowest BCUT2D eigenvalue weighted by atomic mass is 9.83. The topological polar surface area (TPSA) is 40.5 Å². The first-order valence-corrected chi connectivity index (χ1v) is 6.62. The van der Waals surface area contributed by atoms with Crippen LogP contribution in [-0.4, -0.2) is 35.6 Å². The third kappa shape index (κ3) is 2.57. The Bertz CT molecular complexity index is 263. The number of carboxylic acids is 1. The summed E-state index contributed by atoms with van der Waals surface area (Å²) in [5, 5.41) is 9.38. The number of nitrogens with zero attached hydrogens (tertiary/aromatic N) is 1. The first-order chi connectivity index (χ1) is 7.66. The highest BCUT2D eigenvalue weighted by molar-refractivity contribution is 5.75. The Morgan fingerprint density at radius 2 is 2.25 bits per heavy atom. The smallest absolute Gasteiger partial charge is 0.310 e. The molecule has 2 rings (SSSR count). The van der Waals surface area contributed by atoms with E-state index >= 15 is 0 Å². The van der Waals surface area contributed by atoms with Crippen LogP contribution in [0.5, 0.6) is 0 Å². The van der Waals surface area contributed by atoms with E-state index in [-0.39, 0.29) is 0 Å². The van der Waals surface area contributed by atoms with Crippen LogP contribution in [0.3, 0.4) is 0 Å². The molecule has 1 unspecified atom stereocenters. The maximum atomic E-state index is 11.4. The van der Waals surface area contributed by atoms with Crippen LogP contribution in [0.4, 0.5) is 0 Å². The molecule has 0 aromatic heterocycles. The number of hydrogen-bond donors (Lipinski definition) is 1. The van der Waals surface area contributed by atoms with Gasteiger partial charge in [0.15, 0.2) is 0 Å². The molecule has 0 aromatic carbocycles. The summed E-state index contributed by atoms with van der Waals surface area (Å²) in [6.45, 7) is 4.96. The van der Waals surface area contributed by atoms with Gasteiger partial charge in [0.05, 0.1) is 5.41 Å². The van der Waals surface area contributed by atoms with Crippen LogP contribution in [0.2, 0.25) is 0 Å². The Hall–Kier alpha value is -0.570. The lowest BCUT2D eigenvalue weighted by Gasteiger charge is -2.24. The summed E-state index contributed by atoms with van der Waals surface area (Å²) in [5.74, 6) is 0.370. The minimum atomic E-state index is -0.580. The van der Waals surface area contributed by atoms with Crippen molar-refractivity contribution in [1.82, 2.24) is 4.90 Å². The SMILES string of the molecule is CCCC1(C(=O)O)CCN(CCC2CC2)C1. The van der Waals surface area contributed by atoms with Crippen molar-refractivity contribution >= 4 is 5.97 Å². The minimum Gasteiger partial charge on any atom is -0.481 e. The van der Waals surface area contributed by atoms with Gasteiger partial charge in [-0.2, -0.15) is 0 Å². The Kier molecular flexibility index (Phi) is 3.53. The van der Waals surface area contributed by atoms with Crippen LogP contribution in [0.25, 0.3) is 0 Å². The van der Waals surface area contributed by atoms with Gasteiger partial charge >= 0.3 is 5.97 Å². The molecule has 3 heteroatoms. The standard InChI is InChI=1S/C13H23NO2/c1-2-6-13(12(15)16)7-9-14(10-13)8-5-11-3-4-11/h11H,2-10H2,1H3,(H,15,16). The van der Waals surface area contributed by atoms with E-state index < -0.39 is 11.4 Å².